The minimum absolute atomic E-state index is 0.438. The van der Waals surface area contributed by atoms with Crippen molar-refractivity contribution in [2.24, 2.45) is 0 Å². The predicted octanol–water partition coefficient (Wildman–Crippen LogP) is 4.92. The number of aromatic amines is 1. The number of H-pyrrole nitrogens is 1. The van der Waals surface area contributed by atoms with Crippen molar-refractivity contribution in [3.05, 3.63) is 64.0 Å². The van der Waals surface area contributed by atoms with Crippen LogP contribution in [0.3, 0.4) is 0 Å². The van der Waals surface area contributed by atoms with Gasteiger partial charge in [0.15, 0.2) is 9.88 Å². The number of nitrogens with zero attached hydrogens (tertiary/aromatic N) is 1. The van der Waals surface area contributed by atoms with Gasteiger partial charge in [-0.15, -0.1) is 0 Å². The van der Waals surface area contributed by atoms with Gasteiger partial charge in [0.2, 0.25) is 0 Å². The molecule has 5 nitrogen and oxygen atoms in total. The second-order valence-electron chi connectivity index (χ2n) is 5.12. The van der Waals surface area contributed by atoms with Crippen LogP contribution in [0.2, 0.25) is 0 Å². The highest BCUT2D eigenvalue weighted by atomic mass is 79.9. The molecule has 0 aliphatic heterocycles. The van der Waals surface area contributed by atoms with Crippen LogP contribution in [-0.4, -0.2) is 21.9 Å². The monoisotopic (exact) mass is 434 g/mol. The van der Waals surface area contributed by atoms with Crippen molar-refractivity contribution in [2.75, 3.05) is 17.9 Å². The molecule has 0 bridgehead atoms. The molecule has 0 aliphatic carbocycles. The van der Waals surface area contributed by atoms with E-state index in [1.165, 1.54) is 0 Å². The fourth-order valence-corrected chi connectivity index (χ4v) is 2.92. The SMILES string of the molecule is COc1ccc(-c2c[nH]c(=S)n2NC(=S)Nc2ccc(Br)cc2)cc1. The largest absolute Gasteiger partial charge is 0.497 e. The van der Waals surface area contributed by atoms with E-state index in [0.29, 0.717) is 9.88 Å². The molecular formula is C17H15BrN4OS2. The number of halogens is 1. The van der Waals surface area contributed by atoms with Gasteiger partial charge in [-0.25, -0.2) is 4.68 Å². The van der Waals surface area contributed by atoms with E-state index in [9.17, 15) is 0 Å². The van der Waals surface area contributed by atoms with E-state index in [4.69, 9.17) is 29.2 Å². The number of benzene rings is 2. The van der Waals surface area contributed by atoms with Gasteiger partial charge in [0.1, 0.15) is 5.75 Å². The first kappa shape index (κ1) is 17.7. The molecule has 2 aromatic carbocycles. The van der Waals surface area contributed by atoms with Gasteiger partial charge >= 0.3 is 0 Å². The average Bonchev–Trinajstić information content (AvgIpc) is 2.98. The molecule has 0 amide bonds. The fourth-order valence-electron chi connectivity index (χ4n) is 2.25. The normalized spacial score (nSPS) is 10.3. The lowest BCUT2D eigenvalue weighted by atomic mass is 10.1. The van der Waals surface area contributed by atoms with Crippen molar-refractivity contribution in [2.45, 2.75) is 0 Å². The lowest BCUT2D eigenvalue weighted by Gasteiger charge is -2.14. The highest BCUT2D eigenvalue weighted by molar-refractivity contribution is 9.10. The zero-order valence-corrected chi connectivity index (χ0v) is 16.5. The van der Waals surface area contributed by atoms with Crippen molar-refractivity contribution in [1.29, 1.82) is 0 Å². The summed E-state index contributed by atoms with van der Waals surface area (Å²) in [5, 5.41) is 3.57. The Bertz CT molecular complexity index is 933. The van der Waals surface area contributed by atoms with E-state index in [2.05, 4.69) is 31.7 Å². The van der Waals surface area contributed by atoms with E-state index in [1.54, 1.807) is 11.8 Å². The van der Waals surface area contributed by atoms with Crippen molar-refractivity contribution in [1.82, 2.24) is 9.66 Å². The van der Waals surface area contributed by atoms with Gasteiger partial charge in [-0.05, 0) is 73.0 Å². The van der Waals surface area contributed by atoms with Crippen LogP contribution in [0, 0.1) is 4.77 Å². The lowest BCUT2D eigenvalue weighted by Crippen LogP contribution is -2.28. The standard InChI is InChI=1S/C17H15BrN4OS2/c1-23-14-8-2-11(3-9-14)15-10-19-17(25)22(15)21-16(24)20-13-6-4-12(18)5-7-13/h2-10H,1H3,(H,19,25)(H2,20,21,24). The summed E-state index contributed by atoms with van der Waals surface area (Å²) in [4.78, 5) is 3.03. The molecule has 1 aromatic heterocycles. The van der Waals surface area contributed by atoms with Crippen LogP contribution < -0.4 is 15.5 Å². The van der Waals surface area contributed by atoms with Gasteiger partial charge in [-0.1, -0.05) is 15.9 Å². The number of hydrogen-bond donors (Lipinski definition) is 3. The zero-order valence-electron chi connectivity index (χ0n) is 13.2. The van der Waals surface area contributed by atoms with Crippen LogP contribution in [0.4, 0.5) is 5.69 Å². The van der Waals surface area contributed by atoms with Crippen LogP contribution in [0.15, 0.2) is 59.2 Å². The first-order valence-electron chi connectivity index (χ1n) is 7.35. The number of thiocarbonyl (C=S) groups is 1. The minimum Gasteiger partial charge on any atom is -0.497 e. The summed E-state index contributed by atoms with van der Waals surface area (Å²) in [5.74, 6) is 0.796. The van der Waals surface area contributed by atoms with E-state index in [0.717, 1.165) is 27.2 Å². The summed E-state index contributed by atoms with van der Waals surface area (Å²) in [6.45, 7) is 0. The van der Waals surface area contributed by atoms with Gasteiger partial charge in [0.25, 0.3) is 0 Å². The molecule has 0 unspecified atom stereocenters. The topological polar surface area (TPSA) is 54.0 Å². The van der Waals surface area contributed by atoms with Gasteiger partial charge in [0, 0.05) is 21.9 Å². The summed E-state index contributed by atoms with van der Waals surface area (Å²) in [7, 11) is 1.64. The summed E-state index contributed by atoms with van der Waals surface area (Å²) < 4.78 is 8.45. The van der Waals surface area contributed by atoms with Crippen molar-refractivity contribution in [3.8, 4) is 17.0 Å². The Morgan fingerprint density at radius 2 is 1.80 bits per heavy atom. The Morgan fingerprint density at radius 1 is 1.12 bits per heavy atom. The number of imidazole rings is 1. The quantitative estimate of drug-likeness (QED) is 0.508. The lowest BCUT2D eigenvalue weighted by molar-refractivity contribution is 0.415. The Balaban J connectivity index is 1.80. The Hall–Kier alpha value is -2.16. The van der Waals surface area contributed by atoms with Crippen LogP contribution in [-0.2, 0) is 0 Å². The number of ether oxygens (including phenoxy) is 1. The van der Waals surface area contributed by atoms with Crippen molar-refractivity contribution >= 4 is 51.2 Å². The molecule has 0 spiro atoms. The predicted molar refractivity (Wildman–Crippen MR) is 111 cm³/mol. The highest BCUT2D eigenvalue weighted by Gasteiger charge is 2.09. The van der Waals surface area contributed by atoms with Gasteiger partial charge in [0.05, 0.1) is 12.8 Å². The van der Waals surface area contributed by atoms with Gasteiger partial charge in [-0.3, -0.25) is 5.43 Å². The van der Waals surface area contributed by atoms with E-state index in [1.807, 2.05) is 54.7 Å². The molecule has 0 saturated heterocycles. The number of anilines is 1. The molecule has 0 aliphatic rings. The highest BCUT2D eigenvalue weighted by Crippen LogP contribution is 2.22. The third-order valence-corrected chi connectivity index (χ3v) is 4.50. The van der Waals surface area contributed by atoms with E-state index in [-0.39, 0.29) is 0 Å². The maximum atomic E-state index is 5.39. The summed E-state index contributed by atoms with van der Waals surface area (Å²) in [6, 6.07) is 15.4. The molecule has 3 aromatic rings. The van der Waals surface area contributed by atoms with Crippen molar-refractivity contribution in [3.63, 3.8) is 0 Å². The number of rotatable bonds is 4. The second kappa shape index (κ2) is 7.81. The average molecular weight is 435 g/mol. The first-order valence-corrected chi connectivity index (χ1v) is 8.96. The third kappa shape index (κ3) is 4.28. The third-order valence-electron chi connectivity index (χ3n) is 3.48. The smallest absolute Gasteiger partial charge is 0.196 e. The molecule has 0 fully saturated rings. The van der Waals surface area contributed by atoms with Gasteiger partial charge < -0.3 is 15.0 Å². The Kier molecular flexibility index (Phi) is 5.52. The fraction of sp³-hybridized carbons (Fsp3) is 0.0588. The van der Waals surface area contributed by atoms with Crippen LogP contribution >= 0.6 is 40.4 Å². The summed E-state index contributed by atoms with van der Waals surface area (Å²) in [5.41, 5.74) is 5.84. The molecular weight excluding hydrogens is 420 g/mol. The molecule has 0 radical (unpaired) electrons. The molecule has 1 heterocycles. The van der Waals surface area contributed by atoms with Crippen LogP contribution in [0.25, 0.3) is 11.3 Å². The number of methoxy groups -OCH3 is 1. The maximum Gasteiger partial charge on any atom is 0.196 e. The van der Waals surface area contributed by atoms with Crippen LogP contribution in [0.1, 0.15) is 0 Å². The maximum absolute atomic E-state index is 5.39. The molecule has 3 rings (SSSR count). The molecule has 128 valence electrons. The van der Waals surface area contributed by atoms with E-state index < -0.39 is 0 Å². The molecule has 25 heavy (non-hydrogen) atoms. The molecule has 3 N–H and O–H groups in total. The number of nitrogens with one attached hydrogen (secondary N) is 3. The second-order valence-corrected chi connectivity index (χ2v) is 6.83. The number of hydrogen-bond acceptors (Lipinski definition) is 3. The van der Waals surface area contributed by atoms with Gasteiger partial charge in [-0.2, -0.15) is 0 Å². The van der Waals surface area contributed by atoms with Crippen molar-refractivity contribution < 1.29 is 4.74 Å². The Labute approximate surface area is 164 Å². The summed E-state index contributed by atoms with van der Waals surface area (Å²) in [6.07, 6.45) is 1.83. The first-order chi connectivity index (χ1) is 12.1. The summed E-state index contributed by atoms with van der Waals surface area (Å²) >= 11 is 14.1. The van der Waals surface area contributed by atoms with Crippen LogP contribution in [0.5, 0.6) is 5.75 Å². The van der Waals surface area contributed by atoms with E-state index >= 15 is 0 Å². The minimum atomic E-state index is 0.438. The zero-order chi connectivity index (χ0) is 17.8. The molecule has 0 atom stereocenters. The number of aromatic nitrogens is 2. The molecule has 8 heteroatoms. The molecule has 0 saturated carbocycles. The Morgan fingerprint density at radius 3 is 2.44 bits per heavy atom.